The number of hydrogen-bond acceptors (Lipinski definition) is 4. The highest BCUT2D eigenvalue weighted by Gasteiger charge is 2.22. The van der Waals surface area contributed by atoms with Crippen LogP contribution in [0, 0.1) is 0 Å². The van der Waals surface area contributed by atoms with Crippen molar-refractivity contribution in [1.82, 2.24) is 19.4 Å². The lowest BCUT2D eigenvalue weighted by atomic mass is 9.94. The summed E-state index contributed by atoms with van der Waals surface area (Å²) in [6.45, 7) is 2.73. The Morgan fingerprint density at radius 3 is 2.89 bits per heavy atom. The van der Waals surface area contributed by atoms with Gasteiger partial charge in [0.1, 0.15) is 11.3 Å². The first-order valence-electron chi connectivity index (χ1n) is 10.2. The van der Waals surface area contributed by atoms with Gasteiger partial charge in [0.05, 0.1) is 12.6 Å². The average molecular weight is 373 g/mol. The van der Waals surface area contributed by atoms with Crippen LogP contribution in [-0.4, -0.2) is 52.1 Å². The summed E-state index contributed by atoms with van der Waals surface area (Å²) in [5, 5.41) is 0. The van der Waals surface area contributed by atoms with Crippen LogP contribution in [0.4, 0.5) is 0 Å². The second-order valence-corrected chi connectivity index (χ2v) is 7.70. The zero-order valence-corrected chi connectivity index (χ0v) is 16.9. The fourth-order valence-corrected chi connectivity index (χ4v) is 4.18. The van der Waals surface area contributed by atoms with Crippen molar-refractivity contribution in [1.29, 1.82) is 0 Å². The first-order chi connectivity index (χ1) is 13.1. The zero-order valence-electron chi connectivity index (χ0n) is 16.9. The predicted octanol–water partition coefficient (Wildman–Crippen LogP) is 3.75. The first kappa shape index (κ1) is 19.8. The number of aryl methyl sites for hydroxylation is 1. The van der Waals surface area contributed by atoms with Gasteiger partial charge >= 0.3 is 0 Å². The highest BCUT2D eigenvalue weighted by Crippen LogP contribution is 2.23. The number of amides is 1. The molecular weight excluding hydrogens is 340 g/mol. The largest absolute Gasteiger partial charge is 0.383 e. The van der Waals surface area contributed by atoms with Crippen LogP contribution in [-0.2, 0) is 16.0 Å². The van der Waals surface area contributed by atoms with Crippen LogP contribution in [0.3, 0.4) is 0 Å². The highest BCUT2D eigenvalue weighted by atomic mass is 16.5. The van der Waals surface area contributed by atoms with Gasteiger partial charge in [-0.15, -0.1) is 0 Å². The number of methoxy groups -OCH3 is 1. The molecule has 0 unspecified atom stereocenters. The Balaban J connectivity index is 1.64. The number of rotatable bonds is 8. The first-order valence-corrected chi connectivity index (χ1v) is 10.2. The number of ether oxygens (including phenoxy) is 1. The van der Waals surface area contributed by atoms with Crippen molar-refractivity contribution in [2.24, 2.45) is 0 Å². The molecule has 0 bridgehead atoms. The van der Waals surface area contributed by atoms with Crippen molar-refractivity contribution >= 4 is 17.1 Å². The van der Waals surface area contributed by atoms with E-state index in [1.807, 2.05) is 24.1 Å². The highest BCUT2D eigenvalue weighted by molar-refractivity contribution is 5.76. The van der Waals surface area contributed by atoms with Gasteiger partial charge in [0, 0.05) is 39.2 Å². The predicted molar refractivity (Wildman–Crippen MR) is 107 cm³/mol. The van der Waals surface area contributed by atoms with Crippen LogP contribution in [0.2, 0.25) is 0 Å². The van der Waals surface area contributed by atoms with E-state index >= 15 is 0 Å². The summed E-state index contributed by atoms with van der Waals surface area (Å²) in [4.78, 5) is 23.9. The molecule has 1 aliphatic rings. The minimum absolute atomic E-state index is 0.158. The minimum atomic E-state index is 0.158. The fraction of sp³-hybridized carbons (Fsp3) is 0.667. The molecule has 2 aromatic heterocycles. The van der Waals surface area contributed by atoms with Gasteiger partial charge < -0.3 is 14.2 Å². The smallest absolute Gasteiger partial charge is 0.222 e. The SMILES string of the molecule is COC[C@H](C)n1c(CCCC(=O)N(C)C2CCCCC2)nc2cccnc21. The monoisotopic (exact) mass is 372 g/mol. The number of imidazole rings is 1. The molecule has 0 aliphatic heterocycles. The Kier molecular flexibility index (Phi) is 6.83. The molecular formula is C21H32N4O2. The van der Waals surface area contributed by atoms with Gasteiger partial charge in [-0.1, -0.05) is 19.3 Å². The van der Waals surface area contributed by atoms with E-state index in [-0.39, 0.29) is 11.9 Å². The van der Waals surface area contributed by atoms with E-state index in [2.05, 4.69) is 16.5 Å². The lowest BCUT2D eigenvalue weighted by molar-refractivity contribution is -0.132. The summed E-state index contributed by atoms with van der Waals surface area (Å²) < 4.78 is 7.50. The molecule has 27 heavy (non-hydrogen) atoms. The van der Waals surface area contributed by atoms with Crippen molar-refractivity contribution < 1.29 is 9.53 Å². The summed E-state index contributed by atoms with van der Waals surface area (Å²) in [7, 11) is 3.68. The molecule has 2 heterocycles. The molecule has 0 N–H and O–H groups in total. The quantitative estimate of drug-likeness (QED) is 0.708. The van der Waals surface area contributed by atoms with E-state index in [0.717, 1.165) is 42.7 Å². The maximum Gasteiger partial charge on any atom is 0.222 e. The van der Waals surface area contributed by atoms with E-state index in [1.165, 1.54) is 19.3 Å². The van der Waals surface area contributed by atoms with E-state index < -0.39 is 0 Å². The number of carbonyl (C=O) groups excluding carboxylic acids is 1. The molecule has 0 radical (unpaired) electrons. The number of pyridine rings is 1. The van der Waals surface area contributed by atoms with Gasteiger partial charge in [-0.25, -0.2) is 9.97 Å². The van der Waals surface area contributed by atoms with E-state index in [0.29, 0.717) is 19.1 Å². The Morgan fingerprint density at radius 1 is 1.37 bits per heavy atom. The van der Waals surface area contributed by atoms with E-state index in [4.69, 9.17) is 9.72 Å². The molecule has 3 rings (SSSR count). The molecule has 0 saturated heterocycles. The molecule has 1 aliphatic carbocycles. The topological polar surface area (TPSA) is 60.2 Å². The standard InChI is InChI=1S/C21H32N4O2/c1-16(15-27-3)25-19(23-18-11-8-14-22-21(18)25)12-7-13-20(26)24(2)17-9-5-4-6-10-17/h8,11,14,16-17H,4-7,9-10,12-13,15H2,1-3H3/t16-/m0/s1. The molecule has 148 valence electrons. The molecule has 0 spiro atoms. The van der Waals surface area contributed by atoms with Crippen LogP contribution in [0.25, 0.3) is 11.2 Å². The second-order valence-electron chi connectivity index (χ2n) is 7.70. The Hall–Kier alpha value is -1.95. The lowest BCUT2D eigenvalue weighted by Crippen LogP contribution is -2.38. The number of nitrogens with zero attached hydrogens (tertiary/aromatic N) is 4. The van der Waals surface area contributed by atoms with Crippen molar-refractivity contribution in [3.63, 3.8) is 0 Å². The maximum atomic E-state index is 12.6. The maximum absolute atomic E-state index is 12.6. The Morgan fingerprint density at radius 2 is 2.15 bits per heavy atom. The number of hydrogen-bond donors (Lipinski definition) is 0. The third-order valence-corrected chi connectivity index (χ3v) is 5.68. The minimum Gasteiger partial charge on any atom is -0.383 e. The normalized spacial score (nSPS) is 16.6. The third kappa shape index (κ3) is 4.67. The molecule has 2 aromatic rings. The summed E-state index contributed by atoms with van der Waals surface area (Å²) >= 11 is 0. The van der Waals surface area contributed by atoms with E-state index in [9.17, 15) is 4.79 Å². The second kappa shape index (κ2) is 9.31. The average Bonchev–Trinajstić information content (AvgIpc) is 3.06. The Labute approximate surface area is 161 Å². The van der Waals surface area contributed by atoms with Gasteiger partial charge in [0.25, 0.3) is 0 Å². The van der Waals surface area contributed by atoms with Crippen LogP contribution in [0.1, 0.15) is 63.7 Å². The fourth-order valence-electron chi connectivity index (χ4n) is 4.18. The number of carbonyl (C=O) groups is 1. The molecule has 0 aromatic carbocycles. The van der Waals surface area contributed by atoms with E-state index in [1.54, 1.807) is 13.3 Å². The summed E-state index contributed by atoms with van der Waals surface area (Å²) in [5.74, 6) is 1.24. The van der Waals surface area contributed by atoms with Crippen molar-refractivity contribution in [3.05, 3.63) is 24.2 Å². The zero-order chi connectivity index (χ0) is 19.2. The molecule has 6 heteroatoms. The Bertz CT molecular complexity index is 752. The molecule has 1 atom stereocenters. The van der Waals surface area contributed by atoms with Crippen molar-refractivity contribution in [2.75, 3.05) is 20.8 Å². The molecule has 6 nitrogen and oxygen atoms in total. The van der Waals surface area contributed by atoms with Gasteiger partial charge in [0.2, 0.25) is 5.91 Å². The molecule has 1 saturated carbocycles. The lowest BCUT2D eigenvalue weighted by Gasteiger charge is -2.31. The van der Waals surface area contributed by atoms with Crippen molar-refractivity contribution in [3.8, 4) is 0 Å². The van der Waals surface area contributed by atoms with Crippen LogP contribution >= 0.6 is 0 Å². The molecule has 1 amide bonds. The third-order valence-electron chi connectivity index (χ3n) is 5.68. The summed E-state index contributed by atoms with van der Waals surface area (Å²) in [6.07, 6.45) is 10.1. The molecule has 1 fully saturated rings. The van der Waals surface area contributed by atoms with Crippen LogP contribution in [0.5, 0.6) is 0 Å². The summed E-state index contributed by atoms with van der Waals surface area (Å²) in [6, 6.07) is 4.49. The number of aromatic nitrogens is 3. The van der Waals surface area contributed by atoms with Crippen LogP contribution in [0.15, 0.2) is 18.3 Å². The van der Waals surface area contributed by atoms with Crippen LogP contribution < -0.4 is 0 Å². The van der Waals surface area contributed by atoms with Gasteiger partial charge in [-0.05, 0) is 38.3 Å². The number of fused-ring (bicyclic) bond motifs is 1. The van der Waals surface area contributed by atoms with Gasteiger partial charge in [-0.3, -0.25) is 4.79 Å². The summed E-state index contributed by atoms with van der Waals surface area (Å²) in [5.41, 5.74) is 1.80. The van der Waals surface area contributed by atoms with Gasteiger partial charge in [-0.2, -0.15) is 0 Å². The van der Waals surface area contributed by atoms with Gasteiger partial charge in [0.15, 0.2) is 5.65 Å². The van der Waals surface area contributed by atoms with Crippen molar-refractivity contribution in [2.45, 2.75) is 70.4 Å².